The van der Waals surface area contributed by atoms with E-state index in [2.05, 4.69) is 10.0 Å². The lowest BCUT2D eigenvalue weighted by Gasteiger charge is -2.28. The summed E-state index contributed by atoms with van der Waals surface area (Å²) >= 11 is 0. The Morgan fingerprint density at radius 3 is 2.29 bits per heavy atom. The van der Waals surface area contributed by atoms with Gasteiger partial charge in [0, 0.05) is 23.8 Å². The number of anilines is 1. The van der Waals surface area contributed by atoms with Gasteiger partial charge in [0.2, 0.25) is 5.91 Å². The van der Waals surface area contributed by atoms with E-state index in [1.54, 1.807) is 43.0 Å². The number of sulfonamides is 1. The Bertz CT molecular complexity index is 1200. The van der Waals surface area contributed by atoms with E-state index < -0.39 is 16.1 Å². The van der Waals surface area contributed by atoms with Crippen LogP contribution in [0.3, 0.4) is 0 Å². The first-order valence-electron chi connectivity index (χ1n) is 12.5. The van der Waals surface area contributed by atoms with Crippen LogP contribution in [0.25, 0.3) is 0 Å². The quantitative estimate of drug-likeness (QED) is 0.616. The highest BCUT2D eigenvalue weighted by atomic mass is 32.2. The van der Waals surface area contributed by atoms with E-state index in [0.29, 0.717) is 35.3 Å². The Morgan fingerprint density at radius 2 is 1.60 bits per heavy atom. The van der Waals surface area contributed by atoms with Crippen molar-refractivity contribution < 1.29 is 18.0 Å². The molecule has 188 valence electrons. The van der Waals surface area contributed by atoms with Crippen LogP contribution in [0.2, 0.25) is 0 Å². The maximum absolute atomic E-state index is 13.4. The van der Waals surface area contributed by atoms with Gasteiger partial charge in [0.25, 0.3) is 15.9 Å². The Labute approximate surface area is 208 Å². The van der Waals surface area contributed by atoms with Crippen LogP contribution in [-0.4, -0.2) is 43.8 Å². The average Bonchev–Trinajstić information content (AvgIpc) is 3.28. The largest absolute Gasteiger partial charge is 0.352 e. The standard InChI is InChI=1S/C27H35N3O4S/c1-18-15-19(2)25(20(3)16-18)35(33,34)29-23-12-7-9-21(17-23)27(32)30-14-8-13-24(30)26(31)28-22-10-5-4-6-11-22/h7,9,12,15-17,22,24,29H,4-6,8,10-11,13-14H2,1-3H3,(H,28,31). The van der Waals surface area contributed by atoms with Crippen LogP contribution in [0, 0.1) is 20.8 Å². The summed E-state index contributed by atoms with van der Waals surface area (Å²) in [4.78, 5) is 28.2. The average molecular weight is 498 g/mol. The van der Waals surface area contributed by atoms with Crippen LogP contribution < -0.4 is 10.0 Å². The number of rotatable bonds is 6. The van der Waals surface area contributed by atoms with Gasteiger partial charge in [-0.25, -0.2) is 8.42 Å². The first kappa shape index (κ1) is 25.2. The molecule has 2 aromatic carbocycles. The number of likely N-dealkylation sites (tertiary alicyclic amines) is 1. The minimum Gasteiger partial charge on any atom is -0.352 e. The Balaban J connectivity index is 1.50. The maximum Gasteiger partial charge on any atom is 0.262 e. The Hall–Kier alpha value is -2.87. The van der Waals surface area contributed by atoms with E-state index >= 15 is 0 Å². The molecule has 1 atom stereocenters. The van der Waals surface area contributed by atoms with Gasteiger partial charge in [-0.1, -0.05) is 43.0 Å². The number of aryl methyl sites for hydroxylation is 3. The molecule has 0 spiro atoms. The normalized spacial score (nSPS) is 18.9. The molecule has 0 radical (unpaired) electrons. The molecule has 1 aliphatic carbocycles. The van der Waals surface area contributed by atoms with E-state index in [9.17, 15) is 18.0 Å². The zero-order chi connectivity index (χ0) is 25.2. The summed E-state index contributed by atoms with van der Waals surface area (Å²) in [5, 5.41) is 3.15. The van der Waals surface area contributed by atoms with E-state index in [4.69, 9.17) is 0 Å². The van der Waals surface area contributed by atoms with Gasteiger partial charge in [-0.2, -0.15) is 0 Å². The van der Waals surface area contributed by atoms with E-state index in [0.717, 1.165) is 37.7 Å². The molecule has 2 fully saturated rings. The van der Waals surface area contributed by atoms with Crippen molar-refractivity contribution in [2.75, 3.05) is 11.3 Å². The van der Waals surface area contributed by atoms with E-state index in [1.807, 2.05) is 19.1 Å². The van der Waals surface area contributed by atoms with E-state index in [-0.39, 0.29) is 22.8 Å². The number of benzene rings is 2. The number of carbonyl (C=O) groups excluding carboxylic acids is 2. The second-order valence-corrected chi connectivity index (χ2v) is 11.5. The molecule has 7 nitrogen and oxygen atoms in total. The van der Waals surface area contributed by atoms with Crippen molar-refractivity contribution in [1.82, 2.24) is 10.2 Å². The summed E-state index contributed by atoms with van der Waals surface area (Å²) in [6.45, 7) is 6.00. The summed E-state index contributed by atoms with van der Waals surface area (Å²) < 4.78 is 29.0. The number of amides is 2. The summed E-state index contributed by atoms with van der Waals surface area (Å²) in [6.07, 6.45) is 6.87. The number of nitrogens with zero attached hydrogens (tertiary/aromatic N) is 1. The van der Waals surface area contributed by atoms with Crippen molar-refractivity contribution in [3.8, 4) is 0 Å². The van der Waals surface area contributed by atoms with Gasteiger partial charge in [0.15, 0.2) is 0 Å². The zero-order valence-electron chi connectivity index (χ0n) is 20.8. The summed E-state index contributed by atoms with van der Waals surface area (Å²) in [6, 6.07) is 9.89. The van der Waals surface area contributed by atoms with Crippen molar-refractivity contribution >= 4 is 27.5 Å². The van der Waals surface area contributed by atoms with Crippen molar-refractivity contribution in [1.29, 1.82) is 0 Å². The van der Waals surface area contributed by atoms with Crippen LogP contribution in [-0.2, 0) is 14.8 Å². The molecule has 1 heterocycles. The molecule has 35 heavy (non-hydrogen) atoms. The van der Waals surface area contributed by atoms with E-state index in [1.165, 1.54) is 6.42 Å². The lowest BCUT2D eigenvalue weighted by molar-refractivity contribution is -0.125. The summed E-state index contributed by atoms with van der Waals surface area (Å²) in [5.41, 5.74) is 3.02. The number of hydrogen-bond acceptors (Lipinski definition) is 4. The van der Waals surface area contributed by atoms with Crippen LogP contribution in [0.15, 0.2) is 41.3 Å². The van der Waals surface area contributed by atoms with Gasteiger partial charge >= 0.3 is 0 Å². The highest BCUT2D eigenvalue weighted by molar-refractivity contribution is 7.92. The predicted molar refractivity (Wildman–Crippen MR) is 137 cm³/mol. The number of hydrogen-bond donors (Lipinski definition) is 2. The Morgan fingerprint density at radius 1 is 0.914 bits per heavy atom. The second kappa shape index (κ2) is 10.4. The molecule has 2 aliphatic rings. The molecule has 1 aliphatic heterocycles. The van der Waals surface area contributed by atoms with Gasteiger partial charge in [-0.15, -0.1) is 0 Å². The van der Waals surface area contributed by atoms with Crippen molar-refractivity contribution in [3.05, 3.63) is 58.7 Å². The van der Waals surface area contributed by atoms with Gasteiger partial charge in [-0.05, 0) is 75.8 Å². The van der Waals surface area contributed by atoms with Crippen molar-refractivity contribution in [2.24, 2.45) is 0 Å². The van der Waals surface area contributed by atoms with Crippen molar-refractivity contribution in [2.45, 2.75) is 82.7 Å². The number of carbonyl (C=O) groups is 2. The van der Waals surface area contributed by atoms with Crippen LogP contribution >= 0.6 is 0 Å². The maximum atomic E-state index is 13.4. The summed E-state index contributed by atoms with van der Waals surface area (Å²) in [7, 11) is -3.83. The molecule has 2 amide bonds. The molecular formula is C27H35N3O4S. The first-order chi connectivity index (χ1) is 16.7. The van der Waals surface area contributed by atoms with Crippen LogP contribution in [0.1, 0.15) is 72.0 Å². The molecule has 1 saturated heterocycles. The van der Waals surface area contributed by atoms with Crippen molar-refractivity contribution in [3.63, 3.8) is 0 Å². The Kier molecular flexibility index (Phi) is 7.50. The third kappa shape index (κ3) is 5.69. The molecule has 0 bridgehead atoms. The highest BCUT2D eigenvalue weighted by Gasteiger charge is 2.35. The van der Waals surface area contributed by atoms with Crippen LogP contribution in [0.5, 0.6) is 0 Å². The second-order valence-electron chi connectivity index (χ2n) is 9.91. The smallest absolute Gasteiger partial charge is 0.262 e. The monoisotopic (exact) mass is 497 g/mol. The molecule has 4 rings (SSSR count). The topological polar surface area (TPSA) is 95.6 Å². The highest BCUT2D eigenvalue weighted by Crippen LogP contribution is 2.26. The first-order valence-corrected chi connectivity index (χ1v) is 14.0. The summed E-state index contributed by atoms with van der Waals surface area (Å²) in [5.74, 6) is -0.333. The van der Waals surface area contributed by atoms with Gasteiger partial charge in [0.05, 0.1) is 4.90 Å². The third-order valence-electron chi connectivity index (χ3n) is 7.00. The fourth-order valence-electron chi connectivity index (χ4n) is 5.51. The lowest BCUT2D eigenvalue weighted by atomic mass is 9.95. The minimum absolute atomic E-state index is 0.0788. The molecule has 0 aromatic heterocycles. The zero-order valence-corrected chi connectivity index (χ0v) is 21.6. The lowest BCUT2D eigenvalue weighted by Crippen LogP contribution is -2.49. The molecule has 1 saturated carbocycles. The predicted octanol–water partition coefficient (Wildman–Crippen LogP) is 4.47. The number of nitrogens with one attached hydrogen (secondary N) is 2. The molecular weight excluding hydrogens is 462 g/mol. The van der Waals surface area contributed by atoms with Crippen LogP contribution in [0.4, 0.5) is 5.69 Å². The molecule has 2 aromatic rings. The SMILES string of the molecule is Cc1cc(C)c(S(=O)(=O)Nc2cccc(C(=O)N3CCCC3C(=O)NC3CCCCC3)c2)c(C)c1. The fraction of sp³-hybridized carbons (Fsp3) is 0.481. The molecule has 8 heteroatoms. The molecule has 2 N–H and O–H groups in total. The third-order valence-corrected chi connectivity index (χ3v) is 8.69. The molecule has 1 unspecified atom stereocenters. The van der Waals surface area contributed by atoms with Gasteiger partial charge < -0.3 is 10.2 Å². The fourth-order valence-corrected chi connectivity index (χ4v) is 7.01. The minimum atomic E-state index is -3.83. The van der Waals surface area contributed by atoms with Gasteiger partial charge in [-0.3, -0.25) is 14.3 Å². The van der Waals surface area contributed by atoms with Gasteiger partial charge in [0.1, 0.15) is 6.04 Å².